The largest absolute Gasteiger partial charge is 0.393 e. The van der Waals surface area contributed by atoms with Crippen LogP contribution in [0.15, 0.2) is 11.1 Å². The molecule has 4 heteroatoms. The van der Waals surface area contributed by atoms with Gasteiger partial charge in [0.2, 0.25) is 0 Å². The maximum Gasteiger partial charge on any atom is 0.159 e. The minimum Gasteiger partial charge on any atom is -0.393 e. The topological polar surface area (TPSA) is 77.8 Å². The zero-order valence-electron chi connectivity index (χ0n) is 20.2. The van der Waals surface area contributed by atoms with Gasteiger partial charge in [0.05, 0.1) is 18.3 Å². The summed E-state index contributed by atoms with van der Waals surface area (Å²) in [5, 5.41) is 31.6. The highest BCUT2D eigenvalue weighted by molar-refractivity contribution is 6.00. The van der Waals surface area contributed by atoms with Crippen molar-refractivity contribution in [1.29, 1.82) is 0 Å². The smallest absolute Gasteiger partial charge is 0.159 e. The molecule has 3 N–H and O–H groups in total. The van der Waals surface area contributed by atoms with Crippen LogP contribution in [0.4, 0.5) is 0 Å². The summed E-state index contributed by atoms with van der Waals surface area (Å²) < 4.78 is 0. The van der Waals surface area contributed by atoms with Crippen LogP contribution in [0.1, 0.15) is 92.4 Å². The van der Waals surface area contributed by atoms with E-state index in [4.69, 9.17) is 0 Å². The van der Waals surface area contributed by atoms with Crippen molar-refractivity contribution in [2.45, 2.75) is 111 Å². The van der Waals surface area contributed by atoms with Gasteiger partial charge >= 0.3 is 0 Å². The number of Topliss-reactive ketones (excluding diaryl/α,β-unsaturated/α-hetero) is 1. The van der Waals surface area contributed by atoms with Crippen molar-refractivity contribution < 1.29 is 20.1 Å². The maximum absolute atomic E-state index is 13.4. The summed E-state index contributed by atoms with van der Waals surface area (Å²) in [6, 6.07) is 0. The number of hydrogen-bond acceptors (Lipinski definition) is 4. The highest BCUT2D eigenvalue weighted by Crippen LogP contribution is 2.65. The maximum atomic E-state index is 13.4. The SMILES string of the molecule is CC(C)[C@@H](O)CC[C@@H](C)[C@H]1CC(=O)C2=C3C[C@H](O)C4C[C@@H](O)CC[C@]4(C)C3CC[C@@]21C. The summed E-state index contributed by atoms with van der Waals surface area (Å²) in [6.07, 6.45) is 6.55. The number of aliphatic hydroxyl groups excluding tert-OH is 3. The van der Waals surface area contributed by atoms with E-state index in [0.29, 0.717) is 42.8 Å². The lowest BCUT2D eigenvalue weighted by atomic mass is 9.48. The third-order valence-corrected chi connectivity index (χ3v) is 10.2. The lowest BCUT2D eigenvalue weighted by Gasteiger charge is -2.57. The molecule has 176 valence electrons. The van der Waals surface area contributed by atoms with E-state index >= 15 is 0 Å². The summed E-state index contributed by atoms with van der Waals surface area (Å²) in [5.74, 6) is 1.83. The van der Waals surface area contributed by atoms with Crippen LogP contribution >= 0.6 is 0 Å². The molecule has 3 saturated carbocycles. The van der Waals surface area contributed by atoms with Crippen molar-refractivity contribution in [1.82, 2.24) is 0 Å². The number of carbonyl (C=O) groups excluding carboxylic acids is 1. The first-order valence-corrected chi connectivity index (χ1v) is 12.8. The summed E-state index contributed by atoms with van der Waals surface area (Å²) >= 11 is 0. The standard InChI is InChI=1S/C27H44O4/c1-15(2)22(29)7-6-16(3)20-14-24(31)25-18-13-23(30)21-12-17(28)8-10-26(21,4)19(18)9-11-27(20,25)5/h15-17,19-23,28-30H,6-14H2,1-5H3/t16-,17+,19?,20-,21?,22+,23+,26-,27-/m1/s1. The molecule has 0 bridgehead atoms. The molecule has 4 aliphatic rings. The van der Waals surface area contributed by atoms with E-state index < -0.39 is 6.10 Å². The minimum atomic E-state index is -0.452. The number of aliphatic hydroxyl groups is 3. The predicted molar refractivity (Wildman–Crippen MR) is 122 cm³/mol. The van der Waals surface area contributed by atoms with Gasteiger partial charge in [-0.3, -0.25) is 4.79 Å². The highest BCUT2D eigenvalue weighted by atomic mass is 16.3. The zero-order valence-corrected chi connectivity index (χ0v) is 20.2. The van der Waals surface area contributed by atoms with Crippen LogP contribution in [0.3, 0.4) is 0 Å². The number of ketones is 1. The van der Waals surface area contributed by atoms with Gasteiger partial charge in [-0.25, -0.2) is 0 Å². The minimum absolute atomic E-state index is 0.00802. The van der Waals surface area contributed by atoms with Gasteiger partial charge in [-0.05, 0) is 91.8 Å². The molecular weight excluding hydrogens is 388 g/mol. The van der Waals surface area contributed by atoms with Crippen LogP contribution in [0.25, 0.3) is 0 Å². The Hall–Kier alpha value is -0.710. The van der Waals surface area contributed by atoms with Gasteiger partial charge in [-0.15, -0.1) is 0 Å². The lowest BCUT2D eigenvalue weighted by molar-refractivity contribution is -0.116. The fourth-order valence-corrected chi connectivity index (χ4v) is 8.19. The molecular formula is C27H44O4. The van der Waals surface area contributed by atoms with Crippen molar-refractivity contribution in [3.8, 4) is 0 Å². The molecule has 4 aliphatic carbocycles. The van der Waals surface area contributed by atoms with E-state index in [-0.39, 0.29) is 34.9 Å². The zero-order chi connectivity index (χ0) is 22.7. The second-order valence-electron chi connectivity index (χ2n) is 12.3. The number of fused-ring (bicyclic) bond motifs is 4. The van der Waals surface area contributed by atoms with Gasteiger partial charge in [0.25, 0.3) is 0 Å². The summed E-state index contributed by atoms with van der Waals surface area (Å²) in [5.41, 5.74) is 2.22. The first-order chi connectivity index (χ1) is 14.5. The molecule has 0 heterocycles. The Balaban J connectivity index is 1.62. The first-order valence-electron chi connectivity index (χ1n) is 12.8. The average Bonchev–Trinajstić information content (AvgIpc) is 2.98. The molecule has 0 aromatic heterocycles. The van der Waals surface area contributed by atoms with E-state index in [1.807, 2.05) is 0 Å². The van der Waals surface area contributed by atoms with E-state index in [1.165, 1.54) is 5.57 Å². The van der Waals surface area contributed by atoms with Crippen molar-refractivity contribution in [2.24, 2.45) is 40.4 Å². The average molecular weight is 433 g/mol. The van der Waals surface area contributed by atoms with E-state index in [1.54, 1.807) is 0 Å². The fraction of sp³-hybridized carbons (Fsp3) is 0.889. The Bertz CT molecular complexity index is 742. The molecule has 0 aromatic rings. The van der Waals surface area contributed by atoms with Crippen LogP contribution < -0.4 is 0 Å². The molecule has 4 rings (SSSR count). The van der Waals surface area contributed by atoms with Crippen molar-refractivity contribution in [3.05, 3.63) is 11.1 Å². The van der Waals surface area contributed by atoms with Crippen LogP contribution in [-0.2, 0) is 4.79 Å². The molecule has 0 aromatic carbocycles. The van der Waals surface area contributed by atoms with Gasteiger partial charge in [0, 0.05) is 12.0 Å². The van der Waals surface area contributed by atoms with Crippen LogP contribution in [0, 0.1) is 40.4 Å². The highest BCUT2D eigenvalue weighted by Gasteiger charge is 2.59. The van der Waals surface area contributed by atoms with Gasteiger partial charge in [-0.2, -0.15) is 0 Å². The molecule has 0 spiro atoms. The Labute approximate surface area is 188 Å². The molecule has 9 atom stereocenters. The summed E-state index contributed by atoms with van der Waals surface area (Å²) in [6.45, 7) is 11.0. The molecule has 0 amide bonds. The van der Waals surface area contributed by atoms with E-state index in [0.717, 1.165) is 44.1 Å². The molecule has 0 aliphatic heterocycles. The second-order valence-corrected chi connectivity index (χ2v) is 12.3. The Morgan fingerprint density at radius 1 is 1.03 bits per heavy atom. The Morgan fingerprint density at radius 3 is 2.42 bits per heavy atom. The van der Waals surface area contributed by atoms with Gasteiger partial charge < -0.3 is 15.3 Å². The van der Waals surface area contributed by atoms with Gasteiger partial charge in [0.1, 0.15) is 0 Å². The molecule has 3 fully saturated rings. The van der Waals surface area contributed by atoms with Gasteiger partial charge in [0.15, 0.2) is 5.78 Å². The van der Waals surface area contributed by atoms with Crippen molar-refractivity contribution >= 4 is 5.78 Å². The molecule has 4 nitrogen and oxygen atoms in total. The Kier molecular flexibility index (Phi) is 6.24. The van der Waals surface area contributed by atoms with Crippen molar-refractivity contribution in [3.63, 3.8) is 0 Å². The predicted octanol–water partition coefficient (Wildman–Crippen LogP) is 4.65. The molecule has 0 saturated heterocycles. The fourth-order valence-electron chi connectivity index (χ4n) is 8.19. The molecule has 31 heavy (non-hydrogen) atoms. The van der Waals surface area contributed by atoms with E-state index in [9.17, 15) is 20.1 Å². The quantitative estimate of drug-likeness (QED) is 0.591. The van der Waals surface area contributed by atoms with Gasteiger partial charge in [-0.1, -0.05) is 40.2 Å². The van der Waals surface area contributed by atoms with Crippen LogP contribution in [0.2, 0.25) is 0 Å². The number of rotatable bonds is 5. The Morgan fingerprint density at radius 2 is 1.74 bits per heavy atom. The summed E-state index contributed by atoms with van der Waals surface area (Å²) in [7, 11) is 0. The van der Waals surface area contributed by atoms with Crippen LogP contribution in [-0.4, -0.2) is 39.4 Å². The number of hydrogen-bond donors (Lipinski definition) is 3. The number of allylic oxidation sites excluding steroid dienone is 1. The lowest BCUT2D eigenvalue weighted by Crippen LogP contribution is -2.53. The third-order valence-electron chi connectivity index (χ3n) is 10.2. The summed E-state index contributed by atoms with van der Waals surface area (Å²) in [4.78, 5) is 13.4. The van der Waals surface area contributed by atoms with Crippen LogP contribution in [0.5, 0.6) is 0 Å². The molecule has 2 unspecified atom stereocenters. The molecule has 0 radical (unpaired) electrons. The second kappa shape index (κ2) is 8.25. The van der Waals surface area contributed by atoms with Crippen molar-refractivity contribution in [2.75, 3.05) is 0 Å². The number of carbonyl (C=O) groups is 1. The normalized spacial score (nSPS) is 44.7. The monoisotopic (exact) mass is 432 g/mol. The third kappa shape index (κ3) is 3.75. The van der Waals surface area contributed by atoms with E-state index in [2.05, 4.69) is 34.6 Å². The first kappa shape index (κ1) is 23.4.